The van der Waals surface area contributed by atoms with Crippen LogP contribution in [0.4, 0.5) is 0 Å². The number of aromatic amines is 1. The van der Waals surface area contributed by atoms with Crippen molar-refractivity contribution in [1.29, 1.82) is 0 Å². The standard InChI is InChI=1S/C24H29N3O4S/c1-16-6-8-17(9-7-16)22-24(32-15-21(28)25-12-5-13-29-2)27-23(26-22)18-10-11-19(30-3)20(14-18)31-4/h6-11,14H,5,12-13,15H2,1-4H3,(H,25,28)(H,26,27). The lowest BCUT2D eigenvalue weighted by atomic mass is 10.1. The maximum absolute atomic E-state index is 12.3. The number of carbonyl (C=O) groups is 1. The third-order valence-corrected chi connectivity index (χ3v) is 5.83. The minimum Gasteiger partial charge on any atom is -0.493 e. The van der Waals surface area contributed by atoms with Gasteiger partial charge < -0.3 is 24.5 Å². The Morgan fingerprint density at radius 1 is 1.03 bits per heavy atom. The number of rotatable bonds is 11. The van der Waals surface area contributed by atoms with E-state index in [4.69, 9.17) is 19.2 Å². The fourth-order valence-corrected chi connectivity index (χ4v) is 3.97. The smallest absolute Gasteiger partial charge is 0.230 e. The highest BCUT2D eigenvalue weighted by Gasteiger charge is 2.17. The topological polar surface area (TPSA) is 85.5 Å². The summed E-state index contributed by atoms with van der Waals surface area (Å²) in [5.41, 5.74) is 3.94. The molecule has 2 aromatic carbocycles. The van der Waals surface area contributed by atoms with E-state index in [0.717, 1.165) is 28.3 Å². The Kier molecular flexibility index (Phi) is 8.58. The molecule has 8 heteroatoms. The molecule has 0 radical (unpaired) electrons. The largest absolute Gasteiger partial charge is 0.493 e. The molecule has 0 spiro atoms. The quantitative estimate of drug-likeness (QED) is 0.331. The number of thioether (sulfide) groups is 1. The lowest BCUT2D eigenvalue weighted by Crippen LogP contribution is -2.26. The second-order valence-electron chi connectivity index (χ2n) is 7.19. The van der Waals surface area contributed by atoms with Gasteiger partial charge in [0.1, 0.15) is 10.9 Å². The predicted octanol–water partition coefficient (Wildman–Crippen LogP) is 4.31. The second kappa shape index (κ2) is 11.6. The Bertz CT molecular complexity index is 1030. The van der Waals surface area contributed by atoms with Gasteiger partial charge in [-0.2, -0.15) is 0 Å². The molecular weight excluding hydrogens is 426 g/mol. The van der Waals surface area contributed by atoms with Crippen molar-refractivity contribution in [2.75, 3.05) is 40.2 Å². The summed E-state index contributed by atoms with van der Waals surface area (Å²) in [5, 5.41) is 3.68. The fourth-order valence-electron chi connectivity index (χ4n) is 3.13. The van der Waals surface area contributed by atoms with Gasteiger partial charge in [-0.3, -0.25) is 4.79 Å². The Balaban J connectivity index is 1.85. The molecule has 2 N–H and O–H groups in total. The van der Waals surface area contributed by atoms with Crippen molar-refractivity contribution >= 4 is 17.7 Å². The zero-order valence-electron chi connectivity index (χ0n) is 18.9. The van der Waals surface area contributed by atoms with E-state index in [-0.39, 0.29) is 11.7 Å². The molecule has 0 saturated carbocycles. The van der Waals surface area contributed by atoms with Gasteiger partial charge in [0.25, 0.3) is 0 Å². The molecule has 3 rings (SSSR count). The van der Waals surface area contributed by atoms with Crippen LogP contribution in [0, 0.1) is 6.92 Å². The number of aromatic nitrogens is 2. The number of hydrogen-bond acceptors (Lipinski definition) is 6. The van der Waals surface area contributed by atoms with Gasteiger partial charge in [-0.25, -0.2) is 4.98 Å². The monoisotopic (exact) mass is 455 g/mol. The van der Waals surface area contributed by atoms with Crippen molar-refractivity contribution in [2.24, 2.45) is 0 Å². The Morgan fingerprint density at radius 2 is 1.75 bits per heavy atom. The summed E-state index contributed by atoms with van der Waals surface area (Å²) in [6, 6.07) is 13.9. The summed E-state index contributed by atoms with van der Waals surface area (Å²) in [4.78, 5) is 20.5. The number of aryl methyl sites for hydroxylation is 1. The Morgan fingerprint density at radius 3 is 2.44 bits per heavy atom. The third-order valence-electron chi connectivity index (χ3n) is 4.86. The lowest BCUT2D eigenvalue weighted by molar-refractivity contribution is -0.118. The minimum absolute atomic E-state index is 0.0309. The van der Waals surface area contributed by atoms with Gasteiger partial charge in [0.05, 0.1) is 25.7 Å². The number of ether oxygens (including phenoxy) is 3. The average molecular weight is 456 g/mol. The Hall–Kier alpha value is -2.97. The molecule has 170 valence electrons. The van der Waals surface area contributed by atoms with Crippen LogP contribution in [0.5, 0.6) is 11.5 Å². The van der Waals surface area contributed by atoms with Crippen molar-refractivity contribution < 1.29 is 19.0 Å². The maximum atomic E-state index is 12.3. The zero-order chi connectivity index (χ0) is 22.9. The number of H-pyrrole nitrogens is 1. The minimum atomic E-state index is -0.0309. The predicted molar refractivity (Wildman–Crippen MR) is 128 cm³/mol. The fraction of sp³-hybridized carbons (Fsp3) is 0.333. The normalized spacial score (nSPS) is 10.8. The van der Waals surface area contributed by atoms with Crippen LogP contribution in [0.3, 0.4) is 0 Å². The molecule has 0 unspecified atom stereocenters. The average Bonchev–Trinajstić information content (AvgIpc) is 3.24. The number of hydrogen-bond donors (Lipinski definition) is 2. The molecule has 0 bridgehead atoms. The number of imidazole rings is 1. The molecule has 0 aliphatic rings. The van der Waals surface area contributed by atoms with E-state index in [0.29, 0.717) is 30.5 Å². The molecule has 0 aliphatic carbocycles. The molecule has 0 fully saturated rings. The summed E-state index contributed by atoms with van der Waals surface area (Å²) in [7, 11) is 4.86. The molecule has 1 heterocycles. The summed E-state index contributed by atoms with van der Waals surface area (Å²) in [5.74, 6) is 2.23. The molecule has 1 aromatic heterocycles. The second-order valence-corrected chi connectivity index (χ2v) is 8.15. The number of nitrogens with zero attached hydrogens (tertiary/aromatic N) is 1. The van der Waals surface area contributed by atoms with Crippen molar-refractivity contribution in [2.45, 2.75) is 18.4 Å². The highest BCUT2D eigenvalue weighted by molar-refractivity contribution is 8.00. The van der Waals surface area contributed by atoms with E-state index in [9.17, 15) is 4.79 Å². The molecule has 1 amide bonds. The van der Waals surface area contributed by atoms with Crippen molar-refractivity contribution in [3.05, 3.63) is 48.0 Å². The van der Waals surface area contributed by atoms with Crippen LogP contribution in [0.25, 0.3) is 22.6 Å². The number of nitrogens with one attached hydrogen (secondary N) is 2. The van der Waals surface area contributed by atoms with E-state index >= 15 is 0 Å². The first-order valence-electron chi connectivity index (χ1n) is 10.3. The number of carbonyl (C=O) groups excluding carboxylic acids is 1. The first-order chi connectivity index (χ1) is 15.5. The highest BCUT2D eigenvalue weighted by Crippen LogP contribution is 2.35. The number of amides is 1. The summed E-state index contributed by atoms with van der Waals surface area (Å²) < 4.78 is 15.8. The van der Waals surface area contributed by atoms with Gasteiger partial charge in [0.15, 0.2) is 11.5 Å². The third kappa shape index (κ3) is 6.05. The molecular formula is C24H29N3O4S. The number of benzene rings is 2. The van der Waals surface area contributed by atoms with Crippen LogP contribution in [-0.2, 0) is 9.53 Å². The molecule has 0 atom stereocenters. The van der Waals surface area contributed by atoms with Crippen LogP contribution in [0.15, 0.2) is 47.5 Å². The van der Waals surface area contributed by atoms with Crippen molar-refractivity contribution in [3.8, 4) is 34.1 Å². The van der Waals surface area contributed by atoms with Gasteiger partial charge >= 0.3 is 0 Å². The summed E-state index contributed by atoms with van der Waals surface area (Å²) >= 11 is 1.41. The van der Waals surface area contributed by atoms with Crippen molar-refractivity contribution in [3.63, 3.8) is 0 Å². The van der Waals surface area contributed by atoms with Gasteiger partial charge in [-0.15, -0.1) is 0 Å². The SMILES string of the molecule is COCCCNC(=O)CSc1nc(-c2ccc(OC)c(OC)c2)[nH]c1-c1ccc(C)cc1. The van der Waals surface area contributed by atoms with Crippen LogP contribution in [0.2, 0.25) is 0 Å². The summed E-state index contributed by atoms with van der Waals surface area (Å²) in [6.45, 7) is 3.27. The highest BCUT2D eigenvalue weighted by atomic mass is 32.2. The van der Waals surface area contributed by atoms with E-state index in [2.05, 4.69) is 41.5 Å². The van der Waals surface area contributed by atoms with E-state index < -0.39 is 0 Å². The van der Waals surface area contributed by atoms with Crippen LogP contribution in [0.1, 0.15) is 12.0 Å². The molecule has 7 nitrogen and oxygen atoms in total. The van der Waals surface area contributed by atoms with Gasteiger partial charge in [0.2, 0.25) is 5.91 Å². The van der Waals surface area contributed by atoms with Gasteiger partial charge in [-0.05, 0) is 31.5 Å². The Labute approximate surface area is 192 Å². The number of methoxy groups -OCH3 is 3. The van der Waals surface area contributed by atoms with Gasteiger partial charge in [-0.1, -0.05) is 41.6 Å². The molecule has 3 aromatic rings. The molecule has 32 heavy (non-hydrogen) atoms. The van der Waals surface area contributed by atoms with E-state index in [1.807, 2.05) is 18.2 Å². The first kappa shape index (κ1) is 23.7. The molecule has 0 saturated heterocycles. The first-order valence-corrected chi connectivity index (χ1v) is 11.3. The summed E-state index contributed by atoms with van der Waals surface area (Å²) in [6.07, 6.45) is 0.785. The van der Waals surface area contributed by atoms with Crippen molar-refractivity contribution in [1.82, 2.24) is 15.3 Å². The van der Waals surface area contributed by atoms with Crippen LogP contribution in [-0.4, -0.2) is 56.1 Å². The van der Waals surface area contributed by atoms with Gasteiger partial charge in [0, 0.05) is 31.4 Å². The van der Waals surface area contributed by atoms with Crippen LogP contribution >= 0.6 is 11.8 Å². The van der Waals surface area contributed by atoms with E-state index in [1.165, 1.54) is 17.3 Å². The lowest BCUT2D eigenvalue weighted by Gasteiger charge is -2.08. The molecule has 0 aliphatic heterocycles. The van der Waals surface area contributed by atoms with E-state index in [1.54, 1.807) is 21.3 Å². The zero-order valence-corrected chi connectivity index (χ0v) is 19.7. The maximum Gasteiger partial charge on any atom is 0.230 e. The van der Waals surface area contributed by atoms with Crippen LogP contribution < -0.4 is 14.8 Å².